The van der Waals surface area contributed by atoms with E-state index >= 15 is 0 Å². The van der Waals surface area contributed by atoms with Crippen LogP contribution in [-0.2, 0) is 6.54 Å². The summed E-state index contributed by atoms with van der Waals surface area (Å²) in [5, 5.41) is 0. The third kappa shape index (κ3) is 4.65. The first-order valence-corrected chi connectivity index (χ1v) is 9.79. The van der Waals surface area contributed by atoms with E-state index in [0.29, 0.717) is 41.7 Å². The van der Waals surface area contributed by atoms with E-state index in [1.807, 2.05) is 36.4 Å². The zero-order valence-corrected chi connectivity index (χ0v) is 17.6. The molecule has 0 unspecified atom stereocenters. The van der Waals surface area contributed by atoms with Crippen molar-refractivity contribution >= 4 is 5.78 Å². The molecule has 29 heavy (non-hydrogen) atoms. The number of nitrogens with zero attached hydrogens (tertiary/aromatic N) is 1. The molecule has 0 amide bonds. The first kappa shape index (κ1) is 21.0. The van der Waals surface area contributed by atoms with E-state index in [-0.39, 0.29) is 11.7 Å². The van der Waals surface area contributed by atoms with E-state index in [4.69, 9.17) is 18.9 Å². The van der Waals surface area contributed by atoms with Crippen molar-refractivity contribution in [2.75, 3.05) is 41.5 Å². The van der Waals surface area contributed by atoms with Crippen LogP contribution in [0.2, 0.25) is 0 Å². The van der Waals surface area contributed by atoms with Gasteiger partial charge in [-0.2, -0.15) is 0 Å². The molecular weight excluding hydrogens is 370 g/mol. The summed E-state index contributed by atoms with van der Waals surface area (Å²) in [6.07, 6.45) is 1.88. The summed E-state index contributed by atoms with van der Waals surface area (Å²) in [6.45, 7) is 2.35. The van der Waals surface area contributed by atoms with Crippen molar-refractivity contribution in [1.82, 2.24) is 4.90 Å². The first-order chi connectivity index (χ1) is 14.1. The van der Waals surface area contributed by atoms with Crippen molar-refractivity contribution < 1.29 is 23.7 Å². The van der Waals surface area contributed by atoms with E-state index in [2.05, 4.69) is 4.90 Å². The van der Waals surface area contributed by atoms with Crippen molar-refractivity contribution in [3.63, 3.8) is 0 Å². The molecule has 2 aromatic carbocycles. The number of likely N-dealkylation sites (tertiary alicyclic amines) is 1. The topological polar surface area (TPSA) is 57.2 Å². The Balaban J connectivity index is 1.75. The summed E-state index contributed by atoms with van der Waals surface area (Å²) in [7, 11) is 6.46. The van der Waals surface area contributed by atoms with Gasteiger partial charge in [0, 0.05) is 30.1 Å². The molecule has 3 rings (SSSR count). The van der Waals surface area contributed by atoms with Crippen LogP contribution in [-0.4, -0.2) is 52.2 Å². The third-order valence-electron chi connectivity index (χ3n) is 5.41. The van der Waals surface area contributed by atoms with Crippen molar-refractivity contribution in [3.8, 4) is 23.0 Å². The number of ketones is 1. The Morgan fingerprint density at radius 1 is 1.00 bits per heavy atom. The lowest BCUT2D eigenvalue weighted by atomic mass is 9.89. The van der Waals surface area contributed by atoms with Gasteiger partial charge in [0.1, 0.15) is 5.75 Å². The molecule has 1 fully saturated rings. The number of hydrogen-bond acceptors (Lipinski definition) is 6. The van der Waals surface area contributed by atoms with E-state index in [9.17, 15) is 4.79 Å². The van der Waals surface area contributed by atoms with Gasteiger partial charge in [-0.25, -0.2) is 0 Å². The van der Waals surface area contributed by atoms with Crippen molar-refractivity contribution in [2.45, 2.75) is 19.4 Å². The Hall–Kier alpha value is -2.73. The third-order valence-corrected chi connectivity index (χ3v) is 5.41. The number of piperidine rings is 1. The second-order valence-corrected chi connectivity index (χ2v) is 7.16. The number of rotatable bonds is 8. The minimum absolute atomic E-state index is 0.0259. The van der Waals surface area contributed by atoms with Crippen molar-refractivity contribution in [3.05, 3.63) is 47.5 Å². The highest BCUT2D eigenvalue weighted by Gasteiger charge is 2.28. The molecule has 1 aliphatic heterocycles. The van der Waals surface area contributed by atoms with Gasteiger partial charge < -0.3 is 18.9 Å². The van der Waals surface area contributed by atoms with Gasteiger partial charge in [-0.3, -0.25) is 9.69 Å². The molecule has 6 nitrogen and oxygen atoms in total. The molecule has 156 valence electrons. The summed E-state index contributed by atoms with van der Waals surface area (Å²) >= 11 is 0. The van der Waals surface area contributed by atoms with Gasteiger partial charge in [0.25, 0.3) is 0 Å². The average Bonchev–Trinajstić information content (AvgIpc) is 2.78. The van der Waals surface area contributed by atoms with Gasteiger partial charge in [0.05, 0.1) is 28.4 Å². The minimum atomic E-state index is -0.0259. The van der Waals surface area contributed by atoms with Crippen LogP contribution in [0.4, 0.5) is 0 Å². The van der Waals surface area contributed by atoms with Crippen LogP contribution in [0, 0.1) is 5.92 Å². The monoisotopic (exact) mass is 399 g/mol. The lowest BCUT2D eigenvalue weighted by Gasteiger charge is -2.32. The Morgan fingerprint density at radius 3 is 2.48 bits per heavy atom. The lowest BCUT2D eigenvalue weighted by Crippen LogP contribution is -2.38. The van der Waals surface area contributed by atoms with Crippen molar-refractivity contribution in [2.24, 2.45) is 5.92 Å². The second-order valence-electron chi connectivity index (χ2n) is 7.16. The molecule has 1 heterocycles. The molecule has 1 atom stereocenters. The summed E-state index contributed by atoms with van der Waals surface area (Å²) in [6, 6.07) is 11.3. The minimum Gasteiger partial charge on any atom is -0.497 e. The predicted octanol–water partition coefficient (Wildman–Crippen LogP) is 3.82. The molecule has 1 saturated heterocycles. The Kier molecular flexibility index (Phi) is 6.99. The maximum Gasteiger partial charge on any atom is 0.203 e. The molecule has 0 saturated carbocycles. The zero-order chi connectivity index (χ0) is 20.8. The maximum absolute atomic E-state index is 13.0. The molecule has 6 heteroatoms. The maximum atomic E-state index is 13.0. The largest absolute Gasteiger partial charge is 0.497 e. The van der Waals surface area contributed by atoms with Gasteiger partial charge in [-0.15, -0.1) is 0 Å². The van der Waals surface area contributed by atoms with Crippen molar-refractivity contribution in [1.29, 1.82) is 0 Å². The highest BCUT2D eigenvalue weighted by Crippen LogP contribution is 2.40. The van der Waals surface area contributed by atoms with Crippen LogP contribution in [0.15, 0.2) is 36.4 Å². The number of methoxy groups -OCH3 is 4. The van der Waals surface area contributed by atoms with E-state index in [1.165, 1.54) is 0 Å². The predicted molar refractivity (Wildman–Crippen MR) is 111 cm³/mol. The second kappa shape index (κ2) is 9.65. The fourth-order valence-corrected chi connectivity index (χ4v) is 3.95. The number of hydrogen-bond donors (Lipinski definition) is 0. The summed E-state index contributed by atoms with van der Waals surface area (Å²) in [4.78, 5) is 15.3. The summed E-state index contributed by atoms with van der Waals surface area (Å²) < 4.78 is 21.7. The van der Waals surface area contributed by atoms with Crippen LogP contribution in [0.3, 0.4) is 0 Å². The van der Waals surface area contributed by atoms with Gasteiger partial charge >= 0.3 is 0 Å². The SMILES string of the molecule is COc1cccc(C(=O)[C@@H]2CCCN(Cc3ccc(OC)c(OC)c3OC)C2)c1. The normalized spacial score (nSPS) is 16.9. The molecule has 0 bridgehead atoms. The lowest BCUT2D eigenvalue weighted by molar-refractivity contribution is 0.0810. The van der Waals surface area contributed by atoms with Crippen LogP contribution >= 0.6 is 0 Å². The fourth-order valence-electron chi connectivity index (χ4n) is 3.95. The highest BCUT2D eigenvalue weighted by atomic mass is 16.5. The standard InChI is InChI=1S/C23H29NO5/c1-26-19-9-5-7-16(13-19)21(25)17-8-6-12-24(14-17)15-18-10-11-20(27-2)23(29-4)22(18)28-3/h5,7,9-11,13,17H,6,8,12,14-15H2,1-4H3/t17-/m1/s1. The van der Waals surface area contributed by atoms with Crippen LogP contribution in [0.1, 0.15) is 28.8 Å². The number of ether oxygens (including phenoxy) is 4. The average molecular weight is 399 g/mol. The molecule has 0 N–H and O–H groups in total. The fraction of sp³-hybridized carbons (Fsp3) is 0.435. The number of carbonyl (C=O) groups is 1. The van der Waals surface area contributed by atoms with Crippen LogP contribution < -0.4 is 18.9 Å². The number of carbonyl (C=O) groups excluding carboxylic acids is 1. The van der Waals surface area contributed by atoms with Gasteiger partial charge in [-0.1, -0.05) is 18.2 Å². The molecule has 1 aliphatic rings. The number of Topliss-reactive ketones (excluding diaryl/α,β-unsaturated/α-hetero) is 1. The number of benzene rings is 2. The van der Waals surface area contributed by atoms with Gasteiger partial charge in [0.15, 0.2) is 17.3 Å². The van der Waals surface area contributed by atoms with Crippen LogP contribution in [0.5, 0.6) is 23.0 Å². The zero-order valence-electron chi connectivity index (χ0n) is 17.6. The first-order valence-electron chi connectivity index (χ1n) is 9.79. The molecule has 2 aromatic rings. The quantitative estimate of drug-likeness (QED) is 0.629. The smallest absolute Gasteiger partial charge is 0.203 e. The summed E-state index contributed by atoms with van der Waals surface area (Å²) in [5.74, 6) is 2.76. The Morgan fingerprint density at radius 2 is 1.79 bits per heavy atom. The van der Waals surface area contributed by atoms with Gasteiger partial charge in [0.2, 0.25) is 5.75 Å². The van der Waals surface area contributed by atoms with E-state index < -0.39 is 0 Å². The molecule has 0 radical (unpaired) electrons. The van der Waals surface area contributed by atoms with E-state index in [0.717, 1.165) is 24.9 Å². The summed E-state index contributed by atoms with van der Waals surface area (Å²) in [5.41, 5.74) is 1.72. The van der Waals surface area contributed by atoms with Crippen LogP contribution in [0.25, 0.3) is 0 Å². The van der Waals surface area contributed by atoms with E-state index in [1.54, 1.807) is 28.4 Å². The highest BCUT2D eigenvalue weighted by molar-refractivity contribution is 5.98. The molecular formula is C23H29NO5. The molecule has 0 aromatic heterocycles. The molecule has 0 aliphatic carbocycles. The molecule has 0 spiro atoms. The Bertz CT molecular complexity index is 851. The van der Waals surface area contributed by atoms with Gasteiger partial charge in [-0.05, 0) is 37.6 Å². The Labute approximate surface area is 172 Å².